The summed E-state index contributed by atoms with van der Waals surface area (Å²) in [5, 5.41) is 5.39. The summed E-state index contributed by atoms with van der Waals surface area (Å²) in [7, 11) is 1.38. The maximum absolute atomic E-state index is 12.3. The van der Waals surface area contributed by atoms with E-state index in [1.807, 2.05) is 11.4 Å². The van der Waals surface area contributed by atoms with Crippen LogP contribution in [0.15, 0.2) is 17.5 Å². The molecular weight excluding hydrogens is 330 g/mol. The van der Waals surface area contributed by atoms with Gasteiger partial charge in [-0.1, -0.05) is 19.4 Å². The molecule has 1 amide bonds. The molecule has 4 nitrogen and oxygen atoms in total. The summed E-state index contributed by atoms with van der Waals surface area (Å²) in [4.78, 5) is 26.4. The molecule has 1 atom stereocenters. The highest BCUT2D eigenvalue weighted by atomic mass is 32.1. The van der Waals surface area contributed by atoms with Gasteiger partial charge in [0.2, 0.25) is 0 Å². The number of fused-ring (bicyclic) bond motifs is 1. The van der Waals surface area contributed by atoms with E-state index in [2.05, 4.69) is 12.2 Å². The van der Waals surface area contributed by atoms with Gasteiger partial charge in [-0.2, -0.15) is 0 Å². The van der Waals surface area contributed by atoms with Crippen molar-refractivity contribution in [3.8, 4) is 0 Å². The summed E-state index contributed by atoms with van der Waals surface area (Å²) in [5.41, 5.74) is 1.61. The fraction of sp³-hybridized carbons (Fsp3) is 0.412. The van der Waals surface area contributed by atoms with Gasteiger partial charge < -0.3 is 10.1 Å². The molecule has 6 heteroatoms. The van der Waals surface area contributed by atoms with Gasteiger partial charge in [0, 0.05) is 4.88 Å². The van der Waals surface area contributed by atoms with Gasteiger partial charge in [0.05, 0.1) is 17.6 Å². The predicted octanol–water partition coefficient (Wildman–Crippen LogP) is 4.36. The van der Waals surface area contributed by atoms with E-state index in [0.717, 1.165) is 31.2 Å². The zero-order valence-electron chi connectivity index (χ0n) is 13.2. The van der Waals surface area contributed by atoms with Crippen molar-refractivity contribution in [2.45, 2.75) is 32.6 Å². The highest BCUT2D eigenvalue weighted by molar-refractivity contribution is 7.17. The van der Waals surface area contributed by atoms with Gasteiger partial charge in [-0.25, -0.2) is 4.79 Å². The second kappa shape index (κ2) is 6.84. The molecule has 1 aliphatic carbocycles. The SMILES string of the molecule is CC[C@@H]1CCc2c(sc(NC(=O)c3cccs3)c2C(=O)OC)C1. The minimum Gasteiger partial charge on any atom is -0.465 e. The molecule has 0 unspecified atom stereocenters. The number of carbonyl (C=O) groups is 2. The van der Waals surface area contributed by atoms with Crippen LogP contribution in [0, 0.1) is 5.92 Å². The predicted molar refractivity (Wildman–Crippen MR) is 93.7 cm³/mol. The van der Waals surface area contributed by atoms with Crippen LogP contribution < -0.4 is 5.32 Å². The van der Waals surface area contributed by atoms with Gasteiger partial charge >= 0.3 is 5.97 Å². The van der Waals surface area contributed by atoms with E-state index in [0.29, 0.717) is 21.4 Å². The monoisotopic (exact) mass is 349 g/mol. The van der Waals surface area contributed by atoms with Crippen molar-refractivity contribution in [3.63, 3.8) is 0 Å². The number of hydrogen-bond acceptors (Lipinski definition) is 5. The highest BCUT2D eigenvalue weighted by Crippen LogP contribution is 2.41. The molecule has 2 aromatic heterocycles. The molecule has 0 radical (unpaired) electrons. The van der Waals surface area contributed by atoms with Crippen LogP contribution in [0.4, 0.5) is 5.00 Å². The van der Waals surface area contributed by atoms with Gasteiger partial charge in [0.25, 0.3) is 5.91 Å². The first kappa shape index (κ1) is 16.2. The summed E-state index contributed by atoms with van der Waals surface area (Å²) >= 11 is 2.91. The first-order valence-electron chi connectivity index (χ1n) is 7.71. The summed E-state index contributed by atoms with van der Waals surface area (Å²) < 4.78 is 4.95. The Bertz CT molecular complexity index is 719. The van der Waals surface area contributed by atoms with Gasteiger partial charge in [0.15, 0.2) is 0 Å². The summed E-state index contributed by atoms with van der Waals surface area (Å²) in [5.74, 6) is 0.127. The first-order chi connectivity index (χ1) is 11.1. The van der Waals surface area contributed by atoms with Crippen molar-refractivity contribution in [2.75, 3.05) is 12.4 Å². The highest BCUT2D eigenvalue weighted by Gasteiger charge is 2.29. The van der Waals surface area contributed by atoms with Crippen LogP contribution in [0.1, 0.15) is 50.2 Å². The van der Waals surface area contributed by atoms with Crippen molar-refractivity contribution in [1.82, 2.24) is 0 Å². The third-order valence-corrected chi connectivity index (χ3v) is 6.34. The Balaban J connectivity index is 1.94. The Kier molecular flexibility index (Phi) is 4.82. The Labute approximate surface area is 143 Å². The van der Waals surface area contributed by atoms with E-state index >= 15 is 0 Å². The number of carbonyl (C=O) groups excluding carboxylic acids is 2. The molecule has 0 spiro atoms. The number of anilines is 1. The van der Waals surface area contributed by atoms with Crippen LogP contribution in [-0.2, 0) is 17.6 Å². The van der Waals surface area contributed by atoms with Crippen LogP contribution in [0.25, 0.3) is 0 Å². The van der Waals surface area contributed by atoms with Crippen LogP contribution in [-0.4, -0.2) is 19.0 Å². The lowest BCUT2D eigenvalue weighted by Gasteiger charge is -2.20. The molecule has 1 N–H and O–H groups in total. The lowest BCUT2D eigenvalue weighted by molar-refractivity contribution is 0.0601. The Morgan fingerprint density at radius 2 is 2.26 bits per heavy atom. The van der Waals surface area contributed by atoms with Gasteiger partial charge in [-0.05, 0) is 42.2 Å². The molecule has 23 heavy (non-hydrogen) atoms. The summed E-state index contributed by atoms with van der Waals surface area (Å²) in [6, 6.07) is 3.62. The fourth-order valence-corrected chi connectivity index (χ4v) is 4.95. The van der Waals surface area contributed by atoms with E-state index in [1.54, 1.807) is 6.07 Å². The largest absolute Gasteiger partial charge is 0.465 e. The molecule has 122 valence electrons. The number of hydrogen-bond donors (Lipinski definition) is 1. The van der Waals surface area contributed by atoms with Gasteiger partial charge in [-0.15, -0.1) is 22.7 Å². The third-order valence-electron chi connectivity index (χ3n) is 4.31. The molecule has 0 aliphatic heterocycles. The van der Waals surface area contributed by atoms with Crippen LogP contribution in [0.3, 0.4) is 0 Å². The van der Waals surface area contributed by atoms with Crippen molar-refractivity contribution in [3.05, 3.63) is 38.4 Å². The molecule has 0 bridgehead atoms. The van der Waals surface area contributed by atoms with E-state index < -0.39 is 0 Å². The lowest BCUT2D eigenvalue weighted by Crippen LogP contribution is -2.16. The third kappa shape index (κ3) is 3.19. The standard InChI is InChI=1S/C17H19NO3S2/c1-3-10-6-7-11-13(9-10)23-16(14(11)17(20)21-2)18-15(19)12-5-4-8-22-12/h4-5,8,10H,3,6-7,9H2,1-2H3,(H,18,19)/t10-/m1/s1. The summed E-state index contributed by atoms with van der Waals surface area (Å²) in [6.45, 7) is 2.20. The Morgan fingerprint density at radius 3 is 2.91 bits per heavy atom. The fourth-order valence-electron chi connectivity index (χ4n) is 2.98. The first-order valence-corrected chi connectivity index (χ1v) is 9.41. The number of ether oxygens (including phenoxy) is 1. The van der Waals surface area contributed by atoms with Crippen molar-refractivity contribution < 1.29 is 14.3 Å². The smallest absolute Gasteiger partial charge is 0.341 e. The zero-order chi connectivity index (χ0) is 16.4. The maximum atomic E-state index is 12.3. The van der Waals surface area contributed by atoms with Gasteiger partial charge in [0.1, 0.15) is 5.00 Å². The number of esters is 1. The molecule has 3 rings (SSSR count). The Hall–Kier alpha value is -1.66. The number of thiophene rings is 2. The molecule has 0 saturated carbocycles. The second-order valence-corrected chi connectivity index (χ2v) is 7.70. The molecule has 0 aromatic carbocycles. The molecular formula is C17H19NO3S2. The molecule has 0 saturated heterocycles. The van der Waals surface area contributed by atoms with E-state index in [1.165, 1.54) is 34.7 Å². The van der Waals surface area contributed by atoms with E-state index in [-0.39, 0.29) is 11.9 Å². The maximum Gasteiger partial charge on any atom is 0.341 e. The van der Waals surface area contributed by atoms with E-state index in [4.69, 9.17) is 4.74 Å². The lowest BCUT2D eigenvalue weighted by atomic mass is 9.86. The quantitative estimate of drug-likeness (QED) is 0.834. The van der Waals surface area contributed by atoms with Crippen molar-refractivity contribution in [2.24, 2.45) is 5.92 Å². The number of methoxy groups -OCH3 is 1. The number of nitrogens with one attached hydrogen (secondary N) is 1. The van der Waals surface area contributed by atoms with Crippen LogP contribution in [0.5, 0.6) is 0 Å². The zero-order valence-corrected chi connectivity index (χ0v) is 14.8. The number of amides is 1. The average Bonchev–Trinajstić information content (AvgIpc) is 3.20. The van der Waals surface area contributed by atoms with Gasteiger partial charge in [-0.3, -0.25) is 4.79 Å². The minimum atomic E-state index is -0.362. The van der Waals surface area contributed by atoms with E-state index in [9.17, 15) is 9.59 Å². The Morgan fingerprint density at radius 1 is 1.43 bits per heavy atom. The molecule has 1 aliphatic rings. The molecule has 0 fully saturated rings. The van der Waals surface area contributed by atoms with Crippen molar-refractivity contribution in [1.29, 1.82) is 0 Å². The normalized spacial score (nSPS) is 16.7. The van der Waals surface area contributed by atoms with Crippen molar-refractivity contribution >= 4 is 39.6 Å². The topological polar surface area (TPSA) is 55.4 Å². The average molecular weight is 349 g/mol. The van der Waals surface area contributed by atoms with Crippen LogP contribution >= 0.6 is 22.7 Å². The van der Waals surface area contributed by atoms with Crippen LogP contribution in [0.2, 0.25) is 0 Å². The molecule has 2 aromatic rings. The summed E-state index contributed by atoms with van der Waals surface area (Å²) in [6.07, 6.45) is 4.09. The number of rotatable bonds is 4. The minimum absolute atomic E-state index is 0.171. The molecule has 2 heterocycles. The second-order valence-electron chi connectivity index (χ2n) is 5.65.